The molecule has 0 unspecified atom stereocenters. The summed E-state index contributed by atoms with van der Waals surface area (Å²) < 4.78 is 5.14. The number of rotatable bonds is 4. The Hall–Kier alpha value is -1.82. The number of carbonyl (C=O) groups excluding carboxylic acids is 2. The van der Waals surface area contributed by atoms with Gasteiger partial charge in [-0.25, -0.2) is 0 Å². The number of hydrogen-bond donors (Lipinski definition) is 1. The summed E-state index contributed by atoms with van der Waals surface area (Å²) in [6.45, 7) is 5.24. The van der Waals surface area contributed by atoms with Crippen molar-refractivity contribution < 1.29 is 14.0 Å². The van der Waals surface area contributed by atoms with Gasteiger partial charge in [0, 0.05) is 33.1 Å². The Kier molecular flexibility index (Phi) is 4.57. The van der Waals surface area contributed by atoms with Crippen molar-refractivity contribution in [3.8, 4) is 0 Å². The highest BCUT2D eigenvalue weighted by atomic mass is 16.3. The molecule has 2 rings (SSSR count). The number of hydrogen-bond acceptors (Lipinski definition) is 4. The molecule has 1 N–H and O–H groups in total. The molecule has 1 aromatic heterocycles. The van der Waals surface area contributed by atoms with E-state index in [1.54, 1.807) is 24.2 Å². The molecule has 0 aromatic carbocycles. The number of amides is 2. The second-order valence-corrected chi connectivity index (χ2v) is 4.64. The third-order valence-electron chi connectivity index (χ3n) is 3.22. The van der Waals surface area contributed by atoms with E-state index >= 15 is 0 Å². The largest absolute Gasteiger partial charge is 0.467 e. The summed E-state index contributed by atoms with van der Waals surface area (Å²) in [5.41, 5.74) is 0. The van der Waals surface area contributed by atoms with Crippen LogP contribution in [-0.4, -0.2) is 54.3 Å². The van der Waals surface area contributed by atoms with Gasteiger partial charge in [-0.2, -0.15) is 0 Å². The molecule has 1 aromatic rings. The number of nitrogens with zero attached hydrogens (tertiary/aromatic N) is 2. The average molecular weight is 265 g/mol. The fraction of sp³-hybridized carbons (Fsp3) is 0.538. The normalized spacial score (nSPS) is 16.4. The van der Waals surface area contributed by atoms with Gasteiger partial charge < -0.3 is 14.6 Å². The first-order chi connectivity index (χ1) is 9.15. The fourth-order valence-corrected chi connectivity index (χ4v) is 2.08. The van der Waals surface area contributed by atoms with Crippen molar-refractivity contribution in [1.82, 2.24) is 15.1 Å². The molecule has 2 amide bonds. The van der Waals surface area contributed by atoms with E-state index in [0.29, 0.717) is 26.2 Å². The molecule has 19 heavy (non-hydrogen) atoms. The predicted octanol–water partition coefficient (Wildman–Crippen LogP) is 0.0599. The van der Waals surface area contributed by atoms with Gasteiger partial charge in [-0.05, 0) is 12.1 Å². The second kappa shape index (κ2) is 6.38. The Balaban J connectivity index is 1.67. The molecular weight excluding hydrogens is 246 g/mol. The van der Waals surface area contributed by atoms with Crippen molar-refractivity contribution in [1.29, 1.82) is 0 Å². The zero-order valence-electron chi connectivity index (χ0n) is 11.1. The first kappa shape index (κ1) is 13.6. The van der Waals surface area contributed by atoms with Crippen molar-refractivity contribution in [3.63, 3.8) is 0 Å². The van der Waals surface area contributed by atoms with E-state index in [2.05, 4.69) is 10.2 Å². The third-order valence-corrected chi connectivity index (χ3v) is 3.22. The number of nitrogens with one attached hydrogen (secondary N) is 1. The summed E-state index contributed by atoms with van der Waals surface area (Å²) in [5, 5.41) is 2.81. The van der Waals surface area contributed by atoms with Crippen molar-refractivity contribution in [2.24, 2.45) is 0 Å². The first-order valence-electron chi connectivity index (χ1n) is 6.42. The molecule has 0 radical (unpaired) electrons. The topological polar surface area (TPSA) is 65.8 Å². The van der Waals surface area contributed by atoms with Crippen LogP contribution in [0.4, 0.5) is 0 Å². The first-order valence-corrected chi connectivity index (χ1v) is 6.42. The van der Waals surface area contributed by atoms with E-state index in [1.807, 2.05) is 6.07 Å². The SMILES string of the molecule is CC(=O)N1CCN(CC(=O)NCc2ccco2)CC1. The summed E-state index contributed by atoms with van der Waals surface area (Å²) in [6, 6.07) is 3.62. The van der Waals surface area contributed by atoms with Gasteiger partial charge in [-0.3, -0.25) is 14.5 Å². The molecule has 0 saturated carbocycles. The van der Waals surface area contributed by atoms with Crippen LogP contribution in [0.5, 0.6) is 0 Å². The standard InChI is InChI=1S/C13H19N3O3/c1-11(17)16-6-4-15(5-7-16)10-13(18)14-9-12-3-2-8-19-12/h2-3,8H,4-7,9-10H2,1H3,(H,14,18). The van der Waals surface area contributed by atoms with E-state index in [1.165, 1.54) is 0 Å². The van der Waals surface area contributed by atoms with Gasteiger partial charge in [0.05, 0.1) is 19.4 Å². The predicted molar refractivity (Wildman–Crippen MR) is 69.2 cm³/mol. The molecule has 2 heterocycles. The van der Waals surface area contributed by atoms with Gasteiger partial charge in [0.1, 0.15) is 5.76 Å². The van der Waals surface area contributed by atoms with Crippen LogP contribution in [0.1, 0.15) is 12.7 Å². The molecule has 1 aliphatic rings. The quantitative estimate of drug-likeness (QED) is 0.836. The highest BCUT2D eigenvalue weighted by Crippen LogP contribution is 2.02. The Morgan fingerprint density at radius 3 is 2.63 bits per heavy atom. The lowest BCUT2D eigenvalue weighted by Gasteiger charge is -2.33. The van der Waals surface area contributed by atoms with Crippen molar-refractivity contribution in [2.45, 2.75) is 13.5 Å². The molecule has 6 heteroatoms. The summed E-state index contributed by atoms with van der Waals surface area (Å²) in [6.07, 6.45) is 1.59. The van der Waals surface area contributed by atoms with E-state index in [0.717, 1.165) is 18.8 Å². The molecule has 1 aliphatic heterocycles. The van der Waals surface area contributed by atoms with Gasteiger partial charge in [0.15, 0.2) is 0 Å². The maximum absolute atomic E-state index is 11.7. The third kappa shape index (κ3) is 4.10. The van der Waals surface area contributed by atoms with Crippen LogP contribution < -0.4 is 5.32 Å². The molecule has 104 valence electrons. The summed E-state index contributed by atoms with van der Waals surface area (Å²) in [7, 11) is 0. The summed E-state index contributed by atoms with van der Waals surface area (Å²) in [4.78, 5) is 26.8. The Morgan fingerprint density at radius 2 is 2.05 bits per heavy atom. The monoisotopic (exact) mass is 265 g/mol. The second-order valence-electron chi connectivity index (χ2n) is 4.64. The van der Waals surface area contributed by atoms with Crippen LogP contribution in [0.15, 0.2) is 22.8 Å². The van der Waals surface area contributed by atoms with Crippen LogP contribution in [0.3, 0.4) is 0 Å². The Labute approximate surface area is 112 Å². The molecule has 1 fully saturated rings. The van der Waals surface area contributed by atoms with Crippen LogP contribution in [0.2, 0.25) is 0 Å². The summed E-state index contributed by atoms with van der Waals surface area (Å²) in [5.74, 6) is 0.823. The summed E-state index contributed by atoms with van der Waals surface area (Å²) >= 11 is 0. The highest BCUT2D eigenvalue weighted by molar-refractivity contribution is 5.78. The van der Waals surface area contributed by atoms with E-state index < -0.39 is 0 Å². The maximum Gasteiger partial charge on any atom is 0.234 e. The lowest BCUT2D eigenvalue weighted by molar-refractivity contribution is -0.131. The number of carbonyl (C=O) groups is 2. The average Bonchev–Trinajstić information content (AvgIpc) is 2.90. The molecular formula is C13H19N3O3. The molecule has 6 nitrogen and oxygen atoms in total. The Bertz CT molecular complexity index is 422. The molecule has 0 bridgehead atoms. The van der Waals surface area contributed by atoms with Crippen LogP contribution in [0, 0.1) is 0 Å². The van der Waals surface area contributed by atoms with Crippen molar-refractivity contribution in [2.75, 3.05) is 32.7 Å². The van der Waals surface area contributed by atoms with Crippen molar-refractivity contribution >= 4 is 11.8 Å². The zero-order valence-corrected chi connectivity index (χ0v) is 11.1. The minimum atomic E-state index is -0.0207. The van der Waals surface area contributed by atoms with Crippen LogP contribution >= 0.6 is 0 Å². The molecule has 0 spiro atoms. The van der Waals surface area contributed by atoms with E-state index in [9.17, 15) is 9.59 Å². The Morgan fingerprint density at radius 1 is 1.32 bits per heavy atom. The lowest BCUT2D eigenvalue weighted by Crippen LogP contribution is -2.50. The van der Waals surface area contributed by atoms with Gasteiger partial charge in [-0.15, -0.1) is 0 Å². The smallest absolute Gasteiger partial charge is 0.234 e. The van der Waals surface area contributed by atoms with Gasteiger partial charge in [0.2, 0.25) is 11.8 Å². The van der Waals surface area contributed by atoms with Gasteiger partial charge in [-0.1, -0.05) is 0 Å². The molecule has 1 saturated heterocycles. The number of furan rings is 1. The zero-order chi connectivity index (χ0) is 13.7. The molecule has 0 atom stereocenters. The lowest BCUT2D eigenvalue weighted by atomic mass is 10.3. The van der Waals surface area contributed by atoms with Gasteiger partial charge >= 0.3 is 0 Å². The van der Waals surface area contributed by atoms with E-state index in [-0.39, 0.29) is 11.8 Å². The van der Waals surface area contributed by atoms with Crippen LogP contribution in [0.25, 0.3) is 0 Å². The van der Waals surface area contributed by atoms with Gasteiger partial charge in [0.25, 0.3) is 0 Å². The minimum absolute atomic E-state index is 0.0207. The molecule has 0 aliphatic carbocycles. The van der Waals surface area contributed by atoms with Crippen LogP contribution in [-0.2, 0) is 16.1 Å². The fourth-order valence-electron chi connectivity index (χ4n) is 2.08. The highest BCUT2D eigenvalue weighted by Gasteiger charge is 2.20. The maximum atomic E-state index is 11.7. The van der Waals surface area contributed by atoms with Crippen molar-refractivity contribution in [3.05, 3.63) is 24.2 Å². The van der Waals surface area contributed by atoms with E-state index in [4.69, 9.17) is 4.42 Å². The minimum Gasteiger partial charge on any atom is -0.467 e. The number of piperazine rings is 1.